The Labute approximate surface area is 124 Å². The van der Waals surface area contributed by atoms with Crippen molar-refractivity contribution >= 4 is 0 Å². The minimum absolute atomic E-state index is 0.423. The lowest BCUT2D eigenvalue weighted by atomic mass is 9.87. The van der Waals surface area contributed by atoms with Gasteiger partial charge in [-0.2, -0.15) is 0 Å². The van der Waals surface area contributed by atoms with Gasteiger partial charge >= 0.3 is 0 Å². The Hall–Kier alpha value is -0.120. The molecule has 1 saturated heterocycles. The molecule has 1 spiro atoms. The first kappa shape index (κ1) is 14.8. The summed E-state index contributed by atoms with van der Waals surface area (Å²) in [6, 6.07) is 1.34. The fourth-order valence-corrected chi connectivity index (χ4v) is 4.89. The van der Waals surface area contributed by atoms with Gasteiger partial charge in [-0.3, -0.25) is 4.90 Å². The largest absolute Gasteiger partial charge is 0.380 e. The number of methoxy groups -OCH3 is 1. The van der Waals surface area contributed by atoms with Gasteiger partial charge in [-0.15, -0.1) is 0 Å². The Balaban J connectivity index is 1.78. The SMILES string of the molecule is COC1CCCC1N1CC2(CCCC2)NCC1C(C)C. The lowest BCUT2D eigenvalue weighted by Gasteiger charge is -2.51. The number of ether oxygens (including phenoxy) is 1. The summed E-state index contributed by atoms with van der Waals surface area (Å²) < 4.78 is 5.79. The fourth-order valence-electron chi connectivity index (χ4n) is 4.89. The monoisotopic (exact) mass is 280 g/mol. The molecule has 3 nitrogen and oxygen atoms in total. The molecule has 2 aliphatic carbocycles. The van der Waals surface area contributed by atoms with Crippen molar-refractivity contribution in [3.63, 3.8) is 0 Å². The standard InChI is InChI=1S/C17H32N2O/c1-13(2)15-11-18-17(9-4-5-10-17)12-19(15)14-7-6-8-16(14)20-3/h13-16,18H,4-12H2,1-3H3. The maximum Gasteiger partial charge on any atom is 0.0726 e. The van der Waals surface area contributed by atoms with E-state index in [1.165, 1.54) is 58.0 Å². The maximum absolute atomic E-state index is 5.79. The minimum Gasteiger partial charge on any atom is -0.380 e. The minimum atomic E-state index is 0.423. The third kappa shape index (κ3) is 2.65. The number of nitrogens with zero attached hydrogens (tertiary/aromatic N) is 1. The van der Waals surface area contributed by atoms with E-state index >= 15 is 0 Å². The highest BCUT2D eigenvalue weighted by Gasteiger charge is 2.46. The Morgan fingerprint density at radius 1 is 1.15 bits per heavy atom. The summed E-state index contributed by atoms with van der Waals surface area (Å²) in [5.41, 5.74) is 0.423. The van der Waals surface area contributed by atoms with Crippen LogP contribution in [0.2, 0.25) is 0 Å². The molecule has 1 heterocycles. The third-order valence-corrected chi connectivity index (χ3v) is 6.07. The molecule has 3 aliphatic rings. The highest BCUT2D eigenvalue weighted by Crippen LogP contribution is 2.38. The molecule has 20 heavy (non-hydrogen) atoms. The quantitative estimate of drug-likeness (QED) is 0.860. The van der Waals surface area contributed by atoms with Gasteiger partial charge in [0.05, 0.1) is 6.10 Å². The van der Waals surface area contributed by atoms with Gasteiger partial charge in [-0.25, -0.2) is 0 Å². The van der Waals surface area contributed by atoms with Crippen molar-refractivity contribution in [3.05, 3.63) is 0 Å². The van der Waals surface area contributed by atoms with E-state index < -0.39 is 0 Å². The summed E-state index contributed by atoms with van der Waals surface area (Å²) in [6.07, 6.45) is 9.95. The third-order valence-electron chi connectivity index (χ3n) is 6.07. The molecule has 0 aromatic rings. The zero-order chi connectivity index (χ0) is 14.2. The Bertz CT molecular complexity index is 325. The summed E-state index contributed by atoms with van der Waals surface area (Å²) in [7, 11) is 1.90. The van der Waals surface area contributed by atoms with Gasteiger partial charge in [0.1, 0.15) is 0 Å². The first-order valence-corrected chi connectivity index (χ1v) is 8.69. The Morgan fingerprint density at radius 2 is 1.90 bits per heavy atom. The van der Waals surface area contributed by atoms with Crippen molar-refractivity contribution in [2.24, 2.45) is 5.92 Å². The van der Waals surface area contributed by atoms with Crippen LogP contribution in [0.1, 0.15) is 58.8 Å². The van der Waals surface area contributed by atoms with Crippen molar-refractivity contribution in [1.29, 1.82) is 0 Å². The molecule has 0 bridgehead atoms. The molecule has 116 valence electrons. The first-order valence-electron chi connectivity index (χ1n) is 8.69. The van der Waals surface area contributed by atoms with Crippen LogP contribution in [0.15, 0.2) is 0 Å². The van der Waals surface area contributed by atoms with E-state index in [4.69, 9.17) is 4.74 Å². The van der Waals surface area contributed by atoms with E-state index in [1.54, 1.807) is 0 Å². The molecular weight excluding hydrogens is 248 g/mol. The lowest BCUT2D eigenvalue weighted by molar-refractivity contribution is -0.0314. The van der Waals surface area contributed by atoms with Crippen LogP contribution in [0.4, 0.5) is 0 Å². The van der Waals surface area contributed by atoms with Crippen LogP contribution in [0.5, 0.6) is 0 Å². The predicted molar refractivity (Wildman–Crippen MR) is 83.0 cm³/mol. The molecule has 0 aromatic heterocycles. The normalized spacial score (nSPS) is 38.1. The van der Waals surface area contributed by atoms with Gasteiger partial charge in [0.2, 0.25) is 0 Å². The second-order valence-corrected chi connectivity index (χ2v) is 7.62. The van der Waals surface area contributed by atoms with E-state index in [-0.39, 0.29) is 0 Å². The highest BCUT2D eigenvalue weighted by molar-refractivity contribution is 5.04. The number of hydrogen-bond donors (Lipinski definition) is 1. The van der Waals surface area contributed by atoms with Crippen molar-refractivity contribution in [2.45, 2.75) is 82.5 Å². The zero-order valence-electron chi connectivity index (χ0n) is 13.5. The van der Waals surface area contributed by atoms with Crippen molar-refractivity contribution < 1.29 is 4.74 Å². The predicted octanol–water partition coefficient (Wildman–Crippen LogP) is 2.80. The van der Waals surface area contributed by atoms with Gasteiger partial charge in [-0.05, 0) is 38.0 Å². The summed E-state index contributed by atoms with van der Waals surface area (Å²) in [5.74, 6) is 0.722. The van der Waals surface area contributed by atoms with Crippen molar-refractivity contribution in [3.8, 4) is 0 Å². The van der Waals surface area contributed by atoms with Crippen LogP contribution < -0.4 is 5.32 Å². The number of hydrogen-bond acceptors (Lipinski definition) is 3. The summed E-state index contributed by atoms with van der Waals surface area (Å²) in [5, 5.41) is 3.93. The molecule has 0 radical (unpaired) electrons. The van der Waals surface area contributed by atoms with E-state index in [2.05, 4.69) is 24.1 Å². The van der Waals surface area contributed by atoms with Gasteiger partial charge in [0, 0.05) is 37.8 Å². The maximum atomic E-state index is 5.79. The topological polar surface area (TPSA) is 24.5 Å². The average Bonchev–Trinajstić information content (AvgIpc) is 3.07. The van der Waals surface area contributed by atoms with Crippen LogP contribution >= 0.6 is 0 Å². The smallest absolute Gasteiger partial charge is 0.0726 e. The molecule has 0 amide bonds. The van der Waals surface area contributed by atoms with Crippen LogP contribution in [-0.2, 0) is 4.74 Å². The number of nitrogens with one attached hydrogen (secondary N) is 1. The lowest BCUT2D eigenvalue weighted by Crippen LogP contribution is -2.67. The fraction of sp³-hybridized carbons (Fsp3) is 1.00. The molecule has 2 saturated carbocycles. The van der Waals surface area contributed by atoms with Crippen LogP contribution in [0.3, 0.4) is 0 Å². The molecule has 3 rings (SSSR count). The summed E-state index contributed by atoms with van der Waals surface area (Å²) in [4.78, 5) is 2.84. The first-order chi connectivity index (χ1) is 9.65. The van der Waals surface area contributed by atoms with Crippen LogP contribution in [0.25, 0.3) is 0 Å². The molecule has 3 heteroatoms. The summed E-state index contributed by atoms with van der Waals surface area (Å²) in [6.45, 7) is 7.18. The Morgan fingerprint density at radius 3 is 2.55 bits per heavy atom. The number of rotatable bonds is 3. The van der Waals surface area contributed by atoms with Crippen LogP contribution in [0, 0.1) is 5.92 Å². The molecular formula is C17H32N2O. The molecule has 3 fully saturated rings. The van der Waals surface area contributed by atoms with E-state index in [0.29, 0.717) is 23.7 Å². The van der Waals surface area contributed by atoms with Gasteiger partial charge < -0.3 is 10.1 Å². The number of piperazine rings is 1. The van der Waals surface area contributed by atoms with Crippen LogP contribution in [-0.4, -0.2) is 48.8 Å². The second-order valence-electron chi connectivity index (χ2n) is 7.62. The molecule has 0 aromatic carbocycles. The molecule has 1 aliphatic heterocycles. The zero-order valence-corrected chi connectivity index (χ0v) is 13.5. The summed E-state index contributed by atoms with van der Waals surface area (Å²) >= 11 is 0. The van der Waals surface area contributed by atoms with Crippen molar-refractivity contribution in [2.75, 3.05) is 20.2 Å². The molecule has 3 atom stereocenters. The van der Waals surface area contributed by atoms with Crippen molar-refractivity contribution in [1.82, 2.24) is 10.2 Å². The van der Waals surface area contributed by atoms with E-state index in [9.17, 15) is 0 Å². The highest BCUT2D eigenvalue weighted by atomic mass is 16.5. The van der Waals surface area contributed by atoms with Gasteiger partial charge in [0.15, 0.2) is 0 Å². The van der Waals surface area contributed by atoms with Gasteiger partial charge in [0.25, 0.3) is 0 Å². The average molecular weight is 280 g/mol. The second kappa shape index (κ2) is 5.94. The Kier molecular flexibility index (Phi) is 4.40. The van der Waals surface area contributed by atoms with Gasteiger partial charge in [-0.1, -0.05) is 26.7 Å². The molecule has 3 unspecified atom stereocenters. The van der Waals surface area contributed by atoms with E-state index in [0.717, 1.165) is 5.92 Å². The van der Waals surface area contributed by atoms with E-state index in [1.807, 2.05) is 7.11 Å². The molecule has 1 N–H and O–H groups in total.